The van der Waals surface area contributed by atoms with Gasteiger partial charge in [-0.05, 0) is 0 Å². The fourth-order valence-corrected chi connectivity index (χ4v) is 0.483. The maximum atomic E-state index is 10.4. The van der Waals surface area contributed by atoms with Gasteiger partial charge in [0, 0.05) is 0 Å². The van der Waals surface area contributed by atoms with E-state index in [2.05, 4.69) is 14.9 Å². The van der Waals surface area contributed by atoms with Crippen LogP contribution < -0.4 is 10.3 Å². The number of nitrogens with one attached hydrogen (secondary N) is 2. The first-order chi connectivity index (χ1) is 4.25. The van der Waals surface area contributed by atoms with E-state index in [0.29, 0.717) is 0 Å². The van der Waals surface area contributed by atoms with Gasteiger partial charge in [-0.1, -0.05) is 0 Å². The first kappa shape index (κ1) is 5.74. The summed E-state index contributed by atoms with van der Waals surface area (Å²) in [7, 11) is 1.35. The highest BCUT2D eigenvalue weighted by molar-refractivity contribution is 5.27. The first-order valence-electron chi connectivity index (χ1n) is 2.29. The summed E-state index contributed by atoms with van der Waals surface area (Å²) in [5.41, 5.74) is -0.577. The lowest BCUT2D eigenvalue weighted by Crippen LogP contribution is -1.96. The number of ether oxygens (including phenoxy) is 1. The fraction of sp³-hybridized carbons (Fsp3) is 0.250. The van der Waals surface area contributed by atoms with Crippen molar-refractivity contribution >= 4 is 0 Å². The van der Waals surface area contributed by atoms with Crippen LogP contribution in [0.25, 0.3) is 0 Å². The van der Waals surface area contributed by atoms with E-state index < -0.39 is 11.3 Å². The van der Waals surface area contributed by atoms with Gasteiger partial charge in [-0.2, -0.15) is 0 Å². The van der Waals surface area contributed by atoms with Gasteiger partial charge >= 0.3 is 5.56 Å². The van der Waals surface area contributed by atoms with Crippen molar-refractivity contribution in [3.8, 4) is 11.6 Å². The number of rotatable bonds is 1. The largest absolute Gasteiger partial charge is 0.499 e. The van der Waals surface area contributed by atoms with Crippen LogP contribution in [0.5, 0.6) is 11.6 Å². The second-order valence-electron chi connectivity index (χ2n) is 1.46. The second kappa shape index (κ2) is 1.85. The number of hydrogen-bond acceptors (Lipinski definition) is 3. The molecule has 0 aromatic carbocycles. The van der Waals surface area contributed by atoms with Gasteiger partial charge in [0.15, 0.2) is 0 Å². The monoisotopic (exact) mass is 130 g/mol. The van der Waals surface area contributed by atoms with Crippen LogP contribution in [0.2, 0.25) is 0 Å². The molecule has 1 aromatic heterocycles. The number of methoxy groups -OCH3 is 1. The molecule has 1 rings (SSSR count). The van der Waals surface area contributed by atoms with Gasteiger partial charge < -0.3 is 9.84 Å². The van der Waals surface area contributed by atoms with Crippen LogP contribution in [-0.2, 0) is 0 Å². The van der Waals surface area contributed by atoms with E-state index in [1.165, 1.54) is 7.11 Å². The highest BCUT2D eigenvalue weighted by Gasteiger charge is 2.05. The van der Waals surface area contributed by atoms with E-state index in [1.807, 2.05) is 0 Å². The Kier molecular flexibility index (Phi) is 1.18. The molecule has 0 aliphatic rings. The molecule has 5 nitrogen and oxygen atoms in total. The molecular formula is C4H6N2O3. The minimum atomic E-state index is -0.577. The van der Waals surface area contributed by atoms with Crippen LogP contribution in [-0.4, -0.2) is 22.4 Å². The third kappa shape index (κ3) is 0.758. The minimum Gasteiger partial charge on any atom is -0.499 e. The molecule has 0 bridgehead atoms. The summed E-state index contributed by atoms with van der Waals surface area (Å²) in [6, 6.07) is 0. The van der Waals surface area contributed by atoms with E-state index in [9.17, 15) is 4.79 Å². The van der Waals surface area contributed by atoms with E-state index >= 15 is 0 Å². The maximum Gasteiger partial charge on any atom is 0.310 e. The molecule has 0 fully saturated rings. The number of hydrogen-bond donors (Lipinski definition) is 3. The van der Waals surface area contributed by atoms with Crippen molar-refractivity contribution in [2.45, 2.75) is 0 Å². The van der Waals surface area contributed by atoms with Crippen molar-refractivity contribution in [3.63, 3.8) is 0 Å². The molecule has 9 heavy (non-hydrogen) atoms. The highest BCUT2D eigenvalue weighted by Crippen LogP contribution is 2.14. The average Bonchev–Trinajstić information content (AvgIpc) is 2.15. The molecule has 0 radical (unpaired) electrons. The smallest absolute Gasteiger partial charge is 0.310 e. The van der Waals surface area contributed by atoms with Crippen molar-refractivity contribution in [3.05, 3.63) is 10.4 Å². The molecule has 0 amide bonds. The maximum absolute atomic E-state index is 10.4. The van der Waals surface area contributed by atoms with Gasteiger partial charge in [0.25, 0.3) is 5.88 Å². The number of aromatic hydroxyl groups is 1. The molecular weight excluding hydrogens is 124 g/mol. The molecule has 0 saturated heterocycles. The van der Waals surface area contributed by atoms with Gasteiger partial charge in [-0.25, -0.2) is 0 Å². The number of aromatic amines is 2. The third-order valence-corrected chi connectivity index (χ3v) is 0.924. The summed E-state index contributed by atoms with van der Waals surface area (Å²) < 4.78 is 4.53. The van der Waals surface area contributed by atoms with E-state index in [0.717, 1.165) is 0 Å². The summed E-state index contributed by atoms with van der Waals surface area (Å²) in [6.45, 7) is 0. The van der Waals surface area contributed by atoms with Crippen LogP contribution >= 0.6 is 0 Å². The lowest BCUT2D eigenvalue weighted by Gasteiger charge is -1.90. The molecule has 50 valence electrons. The minimum absolute atomic E-state index is 0.0556. The second-order valence-corrected chi connectivity index (χ2v) is 1.46. The Labute approximate surface area is 50.3 Å². The summed E-state index contributed by atoms with van der Waals surface area (Å²) in [6.07, 6.45) is 0. The predicted molar refractivity (Wildman–Crippen MR) is 29.6 cm³/mol. The molecule has 0 spiro atoms. The van der Waals surface area contributed by atoms with Crippen molar-refractivity contribution in [2.75, 3.05) is 7.11 Å². The Morgan fingerprint density at radius 1 is 1.56 bits per heavy atom. The topological polar surface area (TPSA) is 78.1 Å². The molecule has 3 N–H and O–H groups in total. The lowest BCUT2D eigenvalue weighted by atomic mass is 10.6. The van der Waals surface area contributed by atoms with Gasteiger partial charge in [-0.15, -0.1) is 0 Å². The summed E-state index contributed by atoms with van der Waals surface area (Å²) in [4.78, 5) is 10.4. The quantitative estimate of drug-likeness (QED) is 0.475. The SMILES string of the molecule is COc1[nH][nH]c(=O)c1O. The third-order valence-electron chi connectivity index (χ3n) is 0.924. The highest BCUT2D eigenvalue weighted by atomic mass is 16.5. The van der Waals surface area contributed by atoms with E-state index in [4.69, 9.17) is 5.11 Å². The zero-order chi connectivity index (χ0) is 6.85. The van der Waals surface area contributed by atoms with Gasteiger partial charge in [0.1, 0.15) is 0 Å². The molecule has 1 heterocycles. The molecule has 0 aliphatic carbocycles. The van der Waals surface area contributed by atoms with Crippen molar-refractivity contribution in [2.24, 2.45) is 0 Å². The van der Waals surface area contributed by atoms with Crippen LogP contribution in [0.4, 0.5) is 0 Å². The molecule has 1 aromatic rings. The van der Waals surface area contributed by atoms with Crippen LogP contribution in [0.3, 0.4) is 0 Å². The Balaban J connectivity index is 3.20. The van der Waals surface area contributed by atoms with Crippen LogP contribution in [0.15, 0.2) is 4.79 Å². The fourth-order valence-electron chi connectivity index (χ4n) is 0.483. The summed E-state index contributed by atoms with van der Waals surface area (Å²) >= 11 is 0. The van der Waals surface area contributed by atoms with Crippen LogP contribution in [0.1, 0.15) is 0 Å². The van der Waals surface area contributed by atoms with Crippen LogP contribution in [0, 0.1) is 0 Å². The van der Waals surface area contributed by atoms with Crippen molar-refractivity contribution < 1.29 is 9.84 Å². The Morgan fingerprint density at radius 2 is 2.22 bits per heavy atom. The number of aromatic nitrogens is 2. The summed E-state index contributed by atoms with van der Waals surface area (Å²) in [5.74, 6) is -0.363. The Morgan fingerprint density at radius 3 is 2.44 bits per heavy atom. The summed E-state index contributed by atoms with van der Waals surface area (Å²) in [5, 5.41) is 13.2. The molecule has 0 unspecified atom stereocenters. The van der Waals surface area contributed by atoms with Gasteiger partial charge in [0.05, 0.1) is 7.11 Å². The van der Waals surface area contributed by atoms with Crippen molar-refractivity contribution in [1.82, 2.24) is 10.2 Å². The van der Waals surface area contributed by atoms with Gasteiger partial charge in [-0.3, -0.25) is 15.0 Å². The average molecular weight is 130 g/mol. The Bertz CT molecular complexity index is 249. The number of H-pyrrole nitrogens is 2. The molecule has 5 heteroatoms. The Hall–Kier alpha value is -1.39. The molecule has 0 aliphatic heterocycles. The van der Waals surface area contributed by atoms with Crippen molar-refractivity contribution in [1.29, 1.82) is 0 Å². The van der Waals surface area contributed by atoms with E-state index in [-0.39, 0.29) is 5.88 Å². The van der Waals surface area contributed by atoms with E-state index in [1.54, 1.807) is 0 Å². The molecule has 0 saturated carbocycles. The zero-order valence-corrected chi connectivity index (χ0v) is 4.76. The normalized spacial score (nSPS) is 9.44. The standard InChI is InChI=1S/C4H6N2O3/c1-9-4-2(7)3(8)5-6-4/h7H,1H3,(H2,5,6,8). The first-order valence-corrected chi connectivity index (χ1v) is 2.29. The zero-order valence-electron chi connectivity index (χ0n) is 4.76. The lowest BCUT2D eigenvalue weighted by molar-refractivity contribution is 0.362. The van der Waals surface area contributed by atoms with Gasteiger partial charge in [0.2, 0.25) is 5.75 Å². The molecule has 0 atom stereocenters. The predicted octanol–water partition coefficient (Wildman–Crippen LogP) is -0.583.